The van der Waals surface area contributed by atoms with Crippen molar-refractivity contribution < 1.29 is 9.18 Å². The van der Waals surface area contributed by atoms with Crippen LogP contribution < -0.4 is 5.32 Å². The van der Waals surface area contributed by atoms with Crippen LogP contribution in [0.15, 0.2) is 6.20 Å². The van der Waals surface area contributed by atoms with E-state index < -0.39 is 18.0 Å². The highest BCUT2D eigenvalue weighted by Gasteiger charge is 2.43. The van der Waals surface area contributed by atoms with Gasteiger partial charge in [0.2, 0.25) is 5.91 Å². The first-order valence-corrected chi connectivity index (χ1v) is 4.11. The van der Waals surface area contributed by atoms with Crippen LogP contribution in [0.5, 0.6) is 0 Å². The first kappa shape index (κ1) is 8.69. The number of halogens is 1. The topological polar surface area (TPSA) is 81.6 Å². The summed E-state index contributed by atoms with van der Waals surface area (Å²) in [7, 11) is 0. The largest absolute Gasteiger partial charge is 0.308 e. The van der Waals surface area contributed by atoms with Crippen LogP contribution in [0.25, 0.3) is 0 Å². The number of anilines is 1. The third kappa shape index (κ3) is 1.44. The lowest BCUT2D eigenvalue weighted by Crippen LogP contribution is -2.15. The fourth-order valence-corrected chi connectivity index (χ4v) is 1.12. The molecule has 6 heteroatoms. The van der Waals surface area contributed by atoms with Gasteiger partial charge >= 0.3 is 0 Å². The molecule has 0 aromatic carbocycles. The normalized spacial score (nSPS) is 24.0. The van der Waals surface area contributed by atoms with Crippen LogP contribution in [0.1, 0.15) is 12.0 Å². The molecule has 0 bridgehead atoms. The third-order valence-electron chi connectivity index (χ3n) is 2.05. The highest BCUT2D eigenvalue weighted by atomic mass is 19.1. The molecule has 1 heterocycles. The van der Waals surface area contributed by atoms with E-state index in [9.17, 15) is 9.18 Å². The highest BCUT2D eigenvalue weighted by Crippen LogP contribution is 2.34. The molecular weight excluding hydrogens is 187 g/mol. The lowest BCUT2D eigenvalue weighted by Gasteiger charge is -1.98. The minimum absolute atomic E-state index is 0.164. The molecular formula is C8H7FN4O. The SMILES string of the molecule is N#Cc1c[nH]nc1NC(=O)C1CC1F. The summed E-state index contributed by atoms with van der Waals surface area (Å²) in [5, 5.41) is 17.1. The average molecular weight is 194 g/mol. The van der Waals surface area contributed by atoms with Gasteiger partial charge in [0.25, 0.3) is 0 Å². The Morgan fingerprint density at radius 3 is 3.14 bits per heavy atom. The van der Waals surface area contributed by atoms with Gasteiger partial charge in [0.05, 0.1) is 5.92 Å². The Bertz CT molecular complexity index is 408. The monoisotopic (exact) mass is 194 g/mol. The van der Waals surface area contributed by atoms with Gasteiger partial charge in [-0.15, -0.1) is 0 Å². The summed E-state index contributed by atoms with van der Waals surface area (Å²) in [6.07, 6.45) is 0.590. The number of nitrogens with zero attached hydrogens (tertiary/aromatic N) is 2. The Morgan fingerprint density at radius 2 is 2.57 bits per heavy atom. The van der Waals surface area contributed by atoms with Gasteiger partial charge in [-0.1, -0.05) is 0 Å². The standard InChI is InChI=1S/C8H7FN4O/c9-6-1-5(6)8(14)12-7-4(2-10)3-11-13-7/h3,5-6H,1H2,(H2,11,12,13,14). The maximum Gasteiger partial charge on any atom is 0.231 e. The first-order chi connectivity index (χ1) is 6.72. The number of hydrogen-bond acceptors (Lipinski definition) is 3. The molecule has 1 amide bonds. The van der Waals surface area contributed by atoms with Crippen molar-refractivity contribution in [1.82, 2.24) is 10.2 Å². The molecule has 2 atom stereocenters. The van der Waals surface area contributed by atoms with Crippen molar-refractivity contribution in [2.24, 2.45) is 5.92 Å². The van der Waals surface area contributed by atoms with Crippen LogP contribution in [0.3, 0.4) is 0 Å². The van der Waals surface area contributed by atoms with Crippen LogP contribution in [0.2, 0.25) is 0 Å². The minimum atomic E-state index is -1.04. The second-order valence-corrected chi connectivity index (χ2v) is 3.11. The molecule has 1 aliphatic rings. The number of nitriles is 1. The predicted octanol–water partition coefficient (Wildman–Crippen LogP) is 0.578. The fraction of sp³-hybridized carbons (Fsp3) is 0.375. The molecule has 1 aliphatic carbocycles. The summed E-state index contributed by atoms with van der Waals surface area (Å²) in [5.74, 6) is -0.823. The number of alkyl halides is 1. The molecule has 0 radical (unpaired) electrons. The van der Waals surface area contributed by atoms with E-state index in [2.05, 4.69) is 15.5 Å². The second kappa shape index (κ2) is 3.10. The molecule has 5 nitrogen and oxygen atoms in total. The summed E-state index contributed by atoms with van der Waals surface area (Å²) >= 11 is 0. The number of H-pyrrole nitrogens is 1. The van der Waals surface area contributed by atoms with Gasteiger partial charge in [-0.25, -0.2) is 4.39 Å². The fourth-order valence-electron chi connectivity index (χ4n) is 1.12. The molecule has 72 valence electrons. The van der Waals surface area contributed by atoms with E-state index in [0.29, 0.717) is 0 Å². The Hall–Kier alpha value is -1.90. The maximum atomic E-state index is 12.5. The Balaban J connectivity index is 2.04. The van der Waals surface area contributed by atoms with Gasteiger partial charge in [0.1, 0.15) is 17.8 Å². The van der Waals surface area contributed by atoms with Crippen molar-refractivity contribution in [3.05, 3.63) is 11.8 Å². The molecule has 14 heavy (non-hydrogen) atoms. The number of rotatable bonds is 2. The molecule has 1 saturated carbocycles. The van der Waals surface area contributed by atoms with E-state index in [0.717, 1.165) is 0 Å². The number of nitrogens with one attached hydrogen (secondary N) is 2. The molecule has 1 aromatic rings. The zero-order chi connectivity index (χ0) is 10.1. The van der Waals surface area contributed by atoms with Gasteiger partial charge in [-0.2, -0.15) is 10.4 Å². The van der Waals surface area contributed by atoms with Crippen molar-refractivity contribution in [3.8, 4) is 6.07 Å². The summed E-state index contributed by atoms with van der Waals surface area (Å²) in [5.41, 5.74) is 0.245. The second-order valence-electron chi connectivity index (χ2n) is 3.11. The molecule has 0 spiro atoms. The summed E-state index contributed by atoms with van der Waals surface area (Å²) in [6.45, 7) is 0. The zero-order valence-corrected chi connectivity index (χ0v) is 7.12. The van der Waals surface area contributed by atoms with Crippen molar-refractivity contribution >= 4 is 11.7 Å². The van der Waals surface area contributed by atoms with Gasteiger partial charge in [-0.05, 0) is 6.42 Å². The van der Waals surface area contributed by atoms with E-state index in [4.69, 9.17) is 5.26 Å². The molecule has 0 aliphatic heterocycles. The van der Waals surface area contributed by atoms with Crippen LogP contribution in [-0.4, -0.2) is 22.3 Å². The van der Waals surface area contributed by atoms with E-state index >= 15 is 0 Å². The van der Waals surface area contributed by atoms with Gasteiger partial charge < -0.3 is 5.32 Å². The van der Waals surface area contributed by atoms with Crippen molar-refractivity contribution in [2.45, 2.75) is 12.6 Å². The molecule has 2 unspecified atom stereocenters. The number of aromatic nitrogens is 2. The minimum Gasteiger partial charge on any atom is -0.308 e. The van der Waals surface area contributed by atoms with E-state index in [1.165, 1.54) is 6.20 Å². The van der Waals surface area contributed by atoms with Crippen molar-refractivity contribution in [2.75, 3.05) is 5.32 Å². The molecule has 2 N–H and O–H groups in total. The number of amides is 1. The predicted molar refractivity (Wildman–Crippen MR) is 44.9 cm³/mol. The highest BCUT2D eigenvalue weighted by molar-refractivity contribution is 5.94. The third-order valence-corrected chi connectivity index (χ3v) is 2.05. The quantitative estimate of drug-likeness (QED) is 0.722. The van der Waals surface area contributed by atoms with Gasteiger partial charge in [0, 0.05) is 6.20 Å². The number of hydrogen-bond donors (Lipinski definition) is 2. The average Bonchev–Trinajstić information content (AvgIpc) is 2.74. The van der Waals surface area contributed by atoms with Crippen LogP contribution >= 0.6 is 0 Å². The van der Waals surface area contributed by atoms with Crippen LogP contribution in [-0.2, 0) is 4.79 Å². The first-order valence-electron chi connectivity index (χ1n) is 4.11. The van der Waals surface area contributed by atoms with Crippen LogP contribution in [0, 0.1) is 17.2 Å². The van der Waals surface area contributed by atoms with Gasteiger partial charge in [0.15, 0.2) is 5.82 Å². The molecule has 1 aromatic heterocycles. The Labute approximate surface area is 78.9 Å². The number of aromatic amines is 1. The summed E-state index contributed by atoms with van der Waals surface area (Å²) in [4.78, 5) is 11.2. The lowest BCUT2D eigenvalue weighted by molar-refractivity contribution is -0.117. The molecule has 0 saturated heterocycles. The smallest absolute Gasteiger partial charge is 0.231 e. The van der Waals surface area contributed by atoms with Crippen LogP contribution in [0.4, 0.5) is 10.2 Å². The molecule has 2 rings (SSSR count). The lowest BCUT2D eigenvalue weighted by atomic mass is 10.3. The van der Waals surface area contributed by atoms with Crippen molar-refractivity contribution in [1.29, 1.82) is 5.26 Å². The van der Waals surface area contributed by atoms with E-state index in [1.54, 1.807) is 0 Å². The molecule has 1 fully saturated rings. The number of carbonyl (C=O) groups excluding carboxylic acids is 1. The maximum absolute atomic E-state index is 12.5. The van der Waals surface area contributed by atoms with E-state index in [-0.39, 0.29) is 17.8 Å². The van der Waals surface area contributed by atoms with Gasteiger partial charge in [-0.3, -0.25) is 9.89 Å². The zero-order valence-electron chi connectivity index (χ0n) is 7.12. The van der Waals surface area contributed by atoms with Crippen molar-refractivity contribution in [3.63, 3.8) is 0 Å². The number of carbonyl (C=O) groups is 1. The Kier molecular flexibility index (Phi) is 1.93. The van der Waals surface area contributed by atoms with E-state index in [1.807, 2.05) is 6.07 Å². The Morgan fingerprint density at radius 1 is 1.86 bits per heavy atom. The summed E-state index contributed by atoms with van der Waals surface area (Å²) in [6, 6.07) is 1.85. The summed E-state index contributed by atoms with van der Waals surface area (Å²) < 4.78 is 12.5.